The van der Waals surface area contributed by atoms with Gasteiger partial charge in [-0.05, 0) is 55.8 Å². The first kappa shape index (κ1) is 19.6. The van der Waals surface area contributed by atoms with E-state index in [1.807, 2.05) is 26.0 Å². The summed E-state index contributed by atoms with van der Waals surface area (Å²) in [6.07, 6.45) is 0. The zero-order valence-corrected chi connectivity index (χ0v) is 17.2. The minimum absolute atomic E-state index is 0.157. The zero-order chi connectivity index (χ0) is 20.6. The maximum Gasteiger partial charge on any atom is 0.255 e. The number of nitrogens with zero attached hydrogens (tertiary/aromatic N) is 1. The number of sulfonamides is 1. The van der Waals surface area contributed by atoms with Gasteiger partial charge in [0.2, 0.25) is 10.0 Å². The molecule has 8 heteroatoms. The third-order valence-corrected chi connectivity index (χ3v) is 7.16. The number of hydrogen-bond acceptors (Lipinski definition) is 4. The summed E-state index contributed by atoms with van der Waals surface area (Å²) in [6, 6.07) is 11.8. The number of benzene rings is 2. The van der Waals surface area contributed by atoms with E-state index in [4.69, 9.17) is 4.74 Å². The van der Waals surface area contributed by atoms with Gasteiger partial charge in [-0.3, -0.25) is 4.79 Å². The fraction of sp³-hybridized carbons (Fsp3) is 0.286. The van der Waals surface area contributed by atoms with Gasteiger partial charge in [0.05, 0.1) is 18.1 Å². The Kier molecular flexibility index (Phi) is 5.16. The number of amides is 1. The lowest BCUT2D eigenvalue weighted by molar-refractivity contribution is 0.0730. The first-order valence-electron chi connectivity index (χ1n) is 9.44. The molecule has 1 amide bonds. The molecule has 3 aromatic rings. The van der Waals surface area contributed by atoms with Crippen LogP contribution >= 0.6 is 0 Å². The molecule has 0 saturated carbocycles. The lowest BCUT2D eigenvalue weighted by Gasteiger charge is -2.26. The molecular formula is C21H23N3O4S. The van der Waals surface area contributed by atoms with Crippen molar-refractivity contribution in [2.45, 2.75) is 18.7 Å². The molecular weight excluding hydrogens is 390 g/mol. The largest absolute Gasteiger partial charge is 0.379 e. The second-order valence-electron chi connectivity index (χ2n) is 7.13. The summed E-state index contributed by atoms with van der Waals surface area (Å²) in [5.41, 5.74) is 4.11. The van der Waals surface area contributed by atoms with Gasteiger partial charge in [0.1, 0.15) is 0 Å². The molecule has 1 aliphatic heterocycles. The molecule has 0 bridgehead atoms. The summed E-state index contributed by atoms with van der Waals surface area (Å²) in [4.78, 5) is 16.2. The molecule has 2 heterocycles. The molecule has 1 aromatic heterocycles. The Hall–Kier alpha value is -2.68. The average Bonchev–Trinajstić information content (AvgIpc) is 3.02. The molecule has 4 rings (SSSR count). The highest BCUT2D eigenvalue weighted by Crippen LogP contribution is 2.24. The van der Waals surface area contributed by atoms with Crippen LogP contribution in [0.15, 0.2) is 47.4 Å². The molecule has 29 heavy (non-hydrogen) atoms. The summed E-state index contributed by atoms with van der Waals surface area (Å²) < 4.78 is 32.3. The van der Waals surface area contributed by atoms with Gasteiger partial charge in [-0.25, -0.2) is 8.42 Å². The summed E-state index contributed by atoms with van der Waals surface area (Å²) in [5, 5.41) is 3.81. The number of nitrogens with one attached hydrogen (secondary N) is 2. The van der Waals surface area contributed by atoms with Crippen LogP contribution in [0.4, 0.5) is 5.69 Å². The predicted octanol–water partition coefficient (Wildman–Crippen LogP) is 3.06. The van der Waals surface area contributed by atoms with E-state index < -0.39 is 10.0 Å². The molecule has 152 valence electrons. The van der Waals surface area contributed by atoms with Crippen molar-refractivity contribution in [1.29, 1.82) is 0 Å². The number of carbonyl (C=O) groups excluding carboxylic acids is 1. The monoisotopic (exact) mass is 413 g/mol. The summed E-state index contributed by atoms with van der Waals surface area (Å²) in [6.45, 7) is 5.43. The van der Waals surface area contributed by atoms with Gasteiger partial charge in [-0.15, -0.1) is 0 Å². The van der Waals surface area contributed by atoms with E-state index in [2.05, 4.69) is 10.3 Å². The standard InChI is InChI=1S/C21H23N3O4S/c1-14-15(2)22-20-7-6-16(12-19(14)20)21(25)23-17-4-3-5-18(13-17)29(26,27)24-8-10-28-11-9-24/h3-7,12-13,22H,8-11H2,1-2H3,(H,23,25). The van der Waals surface area contributed by atoms with Crippen molar-refractivity contribution >= 4 is 32.5 Å². The Morgan fingerprint density at radius 2 is 1.86 bits per heavy atom. The Morgan fingerprint density at radius 1 is 1.10 bits per heavy atom. The number of aromatic nitrogens is 1. The molecule has 0 atom stereocenters. The van der Waals surface area contributed by atoms with E-state index >= 15 is 0 Å². The van der Waals surface area contributed by atoms with Crippen molar-refractivity contribution in [3.63, 3.8) is 0 Å². The highest BCUT2D eigenvalue weighted by Gasteiger charge is 2.26. The van der Waals surface area contributed by atoms with E-state index in [1.54, 1.807) is 24.3 Å². The highest BCUT2D eigenvalue weighted by atomic mass is 32.2. The smallest absolute Gasteiger partial charge is 0.255 e. The normalized spacial score (nSPS) is 15.5. The minimum Gasteiger partial charge on any atom is -0.379 e. The van der Waals surface area contributed by atoms with Crippen LogP contribution in [-0.2, 0) is 14.8 Å². The third-order valence-electron chi connectivity index (χ3n) is 5.27. The summed E-state index contributed by atoms with van der Waals surface area (Å²) in [7, 11) is -3.62. The highest BCUT2D eigenvalue weighted by molar-refractivity contribution is 7.89. The topological polar surface area (TPSA) is 91.5 Å². The van der Waals surface area contributed by atoms with Crippen molar-refractivity contribution in [3.8, 4) is 0 Å². The molecule has 0 spiro atoms. The van der Waals surface area contributed by atoms with Crippen LogP contribution in [-0.4, -0.2) is 49.9 Å². The van der Waals surface area contributed by atoms with E-state index in [1.165, 1.54) is 10.4 Å². The first-order chi connectivity index (χ1) is 13.9. The third kappa shape index (κ3) is 3.78. The summed E-state index contributed by atoms with van der Waals surface area (Å²) >= 11 is 0. The van der Waals surface area contributed by atoms with E-state index in [0.29, 0.717) is 37.6 Å². The minimum atomic E-state index is -3.62. The number of anilines is 1. The number of morpholine rings is 1. The van der Waals surface area contributed by atoms with Gasteiger partial charge in [-0.1, -0.05) is 6.07 Å². The van der Waals surface area contributed by atoms with Gasteiger partial charge in [-0.2, -0.15) is 4.31 Å². The van der Waals surface area contributed by atoms with Gasteiger partial charge < -0.3 is 15.0 Å². The molecule has 2 aromatic carbocycles. The van der Waals surface area contributed by atoms with Crippen LogP contribution in [0, 0.1) is 13.8 Å². The fourth-order valence-corrected chi connectivity index (χ4v) is 4.93. The van der Waals surface area contributed by atoms with Gasteiger partial charge in [0.15, 0.2) is 0 Å². The number of aromatic amines is 1. The van der Waals surface area contributed by atoms with Gasteiger partial charge in [0.25, 0.3) is 5.91 Å². The molecule has 0 aliphatic carbocycles. The van der Waals surface area contributed by atoms with Crippen molar-refractivity contribution in [1.82, 2.24) is 9.29 Å². The van der Waals surface area contributed by atoms with Crippen LogP contribution in [0.3, 0.4) is 0 Å². The van der Waals surface area contributed by atoms with Crippen LogP contribution in [0.25, 0.3) is 10.9 Å². The van der Waals surface area contributed by atoms with Crippen molar-refractivity contribution < 1.29 is 17.9 Å². The van der Waals surface area contributed by atoms with E-state index in [0.717, 1.165) is 22.2 Å². The second kappa shape index (κ2) is 7.62. The van der Waals surface area contributed by atoms with E-state index in [9.17, 15) is 13.2 Å². The summed E-state index contributed by atoms with van der Waals surface area (Å²) in [5.74, 6) is -0.286. The number of ether oxygens (including phenoxy) is 1. The number of rotatable bonds is 4. The van der Waals surface area contributed by atoms with Crippen LogP contribution < -0.4 is 5.32 Å². The molecule has 7 nitrogen and oxygen atoms in total. The Morgan fingerprint density at radius 3 is 2.62 bits per heavy atom. The number of hydrogen-bond donors (Lipinski definition) is 2. The van der Waals surface area contributed by atoms with Crippen molar-refractivity contribution in [3.05, 3.63) is 59.3 Å². The molecule has 1 saturated heterocycles. The quantitative estimate of drug-likeness (QED) is 0.688. The van der Waals surface area contributed by atoms with Crippen LogP contribution in [0.2, 0.25) is 0 Å². The first-order valence-corrected chi connectivity index (χ1v) is 10.9. The Balaban J connectivity index is 1.57. The van der Waals surface area contributed by atoms with E-state index in [-0.39, 0.29) is 10.8 Å². The molecule has 1 fully saturated rings. The lowest BCUT2D eigenvalue weighted by atomic mass is 10.1. The fourth-order valence-electron chi connectivity index (χ4n) is 3.48. The number of fused-ring (bicyclic) bond motifs is 1. The van der Waals surface area contributed by atoms with Crippen LogP contribution in [0.5, 0.6) is 0 Å². The second-order valence-corrected chi connectivity index (χ2v) is 9.07. The van der Waals surface area contributed by atoms with Crippen molar-refractivity contribution in [2.75, 3.05) is 31.6 Å². The molecule has 1 aliphatic rings. The number of carbonyl (C=O) groups is 1. The zero-order valence-electron chi connectivity index (χ0n) is 16.4. The predicted molar refractivity (Wildman–Crippen MR) is 112 cm³/mol. The molecule has 0 radical (unpaired) electrons. The van der Waals surface area contributed by atoms with Gasteiger partial charge >= 0.3 is 0 Å². The SMILES string of the molecule is Cc1[nH]c2ccc(C(=O)Nc3cccc(S(=O)(=O)N4CCOCC4)c3)cc2c1C. The Labute approximate surface area is 169 Å². The lowest BCUT2D eigenvalue weighted by Crippen LogP contribution is -2.40. The van der Waals surface area contributed by atoms with Crippen LogP contribution in [0.1, 0.15) is 21.6 Å². The van der Waals surface area contributed by atoms with Gasteiger partial charge in [0, 0.05) is 40.9 Å². The number of H-pyrrole nitrogens is 1. The number of aryl methyl sites for hydroxylation is 2. The maximum absolute atomic E-state index is 12.8. The Bertz CT molecular complexity index is 1180. The molecule has 0 unspecified atom stereocenters. The van der Waals surface area contributed by atoms with Crippen molar-refractivity contribution in [2.24, 2.45) is 0 Å². The molecule has 2 N–H and O–H groups in total. The average molecular weight is 413 g/mol. The maximum atomic E-state index is 12.8.